The quantitative estimate of drug-likeness (QED) is 0.853. The second-order valence-electron chi connectivity index (χ2n) is 4.92. The summed E-state index contributed by atoms with van der Waals surface area (Å²) in [6.07, 6.45) is 0.717. The Morgan fingerprint density at radius 2 is 1.70 bits per heavy atom. The van der Waals surface area contributed by atoms with Crippen LogP contribution in [0, 0.1) is 0 Å². The fourth-order valence-corrected chi connectivity index (χ4v) is 2.24. The molecule has 0 saturated heterocycles. The van der Waals surface area contributed by atoms with Crippen molar-refractivity contribution < 1.29 is 19.0 Å². The molecule has 23 heavy (non-hydrogen) atoms. The molecule has 0 saturated carbocycles. The Labute approximate surface area is 136 Å². The average molecular weight is 315 g/mol. The molecule has 0 aliphatic heterocycles. The van der Waals surface area contributed by atoms with Crippen LogP contribution < -0.4 is 19.5 Å². The zero-order valence-electron chi connectivity index (χ0n) is 13.6. The first-order valence-corrected chi connectivity index (χ1v) is 7.31. The molecule has 5 heteroatoms. The van der Waals surface area contributed by atoms with E-state index in [-0.39, 0.29) is 5.91 Å². The normalized spacial score (nSPS) is 10.0. The number of hydrogen-bond donors (Lipinski definition) is 1. The van der Waals surface area contributed by atoms with Crippen molar-refractivity contribution in [3.63, 3.8) is 0 Å². The highest BCUT2D eigenvalue weighted by Gasteiger charge is 2.13. The SMILES string of the molecule is COc1cccc(CCNC(=O)c2cc(OC)ccc2OC)c1. The zero-order valence-corrected chi connectivity index (χ0v) is 13.6. The molecule has 0 spiro atoms. The summed E-state index contributed by atoms with van der Waals surface area (Å²) in [7, 11) is 4.73. The molecule has 2 rings (SSSR count). The molecule has 0 aromatic heterocycles. The highest BCUT2D eigenvalue weighted by molar-refractivity contribution is 5.97. The molecule has 2 aromatic carbocycles. The van der Waals surface area contributed by atoms with E-state index in [0.717, 1.165) is 17.7 Å². The molecule has 5 nitrogen and oxygen atoms in total. The number of amides is 1. The van der Waals surface area contributed by atoms with Gasteiger partial charge in [0.15, 0.2) is 0 Å². The maximum atomic E-state index is 12.3. The van der Waals surface area contributed by atoms with Gasteiger partial charge in [-0.1, -0.05) is 12.1 Å². The van der Waals surface area contributed by atoms with Gasteiger partial charge in [-0.25, -0.2) is 0 Å². The Bertz CT molecular complexity index is 670. The van der Waals surface area contributed by atoms with Crippen LogP contribution in [0.5, 0.6) is 17.2 Å². The van der Waals surface area contributed by atoms with E-state index in [2.05, 4.69) is 5.32 Å². The molecule has 0 heterocycles. The minimum Gasteiger partial charge on any atom is -0.497 e. The highest BCUT2D eigenvalue weighted by atomic mass is 16.5. The third kappa shape index (κ3) is 4.39. The number of rotatable bonds is 7. The summed E-state index contributed by atoms with van der Waals surface area (Å²) in [5.74, 6) is 1.75. The number of methoxy groups -OCH3 is 3. The molecular formula is C18H21NO4. The van der Waals surface area contributed by atoms with Crippen molar-refractivity contribution in [1.29, 1.82) is 0 Å². The van der Waals surface area contributed by atoms with Crippen LogP contribution in [-0.2, 0) is 6.42 Å². The number of carbonyl (C=O) groups excluding carboxylic acids is 1. The fourth-order valence-electron chi connectivity index (χ4n) is 2.24. The smallest absolute Gasteiger partial charge is 0.255 e. The molecule has 1 N–H and O–H groups in total. The Morgan fingerprint density at radius 1 is 0.957 bits per heavy atom. The topological polar surface area (TPSA) is 56.8 Å². The van der Waals surface area contributed by atoms with Crippen LogP contribution in [0.2, 0.25) is 0 Å². The van der Waals surface area contributed by atoms with Crippen molar-refractivity contribution in [1.82, 2.24) is 5.32 Å². The van der Waals surface area contributed by atoms with Crippen LogP contribution in [0.15, 0.2) is 42.5 Å². The van der Waals surface area contributed by atoms with Crippen molar-refractivity contribution in [2.24, 2.45) is 0 Å². The number of ether oxygens (including phenoxy) is 3. The number of nitrogens with one attached hydrogen (secondary N) is 1. The molecule has 0 bridgehead atoms. The Balaban J connectivity index is 1.99. The third-order valence-electron chi connectivity index (χ3n) is 3.48. The van der Waals surface area contributed by atoms with Gasteiger partial charge in [-0.05, 0) is 42.3 Å². The lowest BCUT2D eigenvalue weighted by atomic mass is 10.1. The van der Waals surface area contributed by atoms with Gasteiger partial charge in [-0.2, -0.15) is 0 Å². The van der Waals surface area contributed by atoms with E-state index in [4.69, 9.17) is 14.2 Å². The first-order chi connectivity index (χ1) is 11.2. The van der Waals surface area contributed by atoms with E-state index >= 15 is 0 Å². The monoisotopic (exact) mass is 315 g/mol. The van der Waals surface area contributed by atoms with Gasteiger partial charge in [-0.3, -0.25) is 4.79 Å². The van der Waals surface area contributed by atoms with E-state index in [9.17, 15) is 4.79 Å². The van der Waals surface area contributed by atoms with E-state index in [1.54, 1.807) is 32.4 Å². The minimum absolute atomic E-state index is 0.191. The van der Waals surface area contributed by atoms with Crippen LogP contribution in [0.25, 0.3) is 0 Å². The van der Waals surface area contributed by atoms with Crippen LogP contribution in [0.3, 0.4) is 0 Å². The summed E-state index contributed by atoms with van der Waals surface area (Å²) in [5, 5.41) is 2.90. The first kappa shape index (κ1) is 16.7. The van der Waals surface area contributed by atoms with E-state index in [1.165, 1.54) is 7.11 Å². The predicted octanol–water partition coefficient (Wildman–Crippen LogP) is 2.68. The lowest BCUT2D eigenvalue weighted by Gasteiger charge is -2.11. The molecule has 0 unspecified atom stereocenters. The molecule has 0 radical (unpaired) electrons. The number of benzene rings is 2. The summed E-state index contributed by atoms with van der Waals surface area (Å²) in [5.41, 5.74) is 1.56. The Morgan fingerprint density at radius 3 is 2.39 bits per heavy atom. The van der Waals surface area contributed by atoms with Crippen molar-refractivity contribution >= 4 is 5.91 Å². The van der Waals surface area contributed by atoms with Gasteiger partial charge in [0.1, 0.15) is 17.2 Å². The largest absolute Gasteiger partial charge is 0.497 e. The molecule has 122 valence electrons. The molecule has 0 atom stereocenters. The van der Waals surface area contributed by atoms with Gasteiger partial charge in [0.2, 0.25) is 0 Å². The number of hydrogen-bond acceptors (Lipinski definition) is 4. The summed E-state index contributed by atoms with van der Waals surface area (Å²) in [6, 6.07) is 12.9. The van der Waals surface area contributed by atoms with Crippen molar-refractivity contribution in [3.05, 3.63) is 53.6 Å². The third-order valence-corrected chi connectivity index (χ3v) is 3.48. The molecule has 0 aliphatic rings. The summed E-state index contributed by atoms with van der Waals surface area (Å²) < 4.78 is 15.6. The van der Waals surface area contributed by atoms with Gasteiger partial charge in [0.05, 0.1) is 26.9 Å². The predicted molar refractivity (Wildman–Crippen MR) is 88.6 cm³/mol. The second kappa shape index (κ2) is 8.08. The summed E-state index contributed by atoms with van der Waals surface area (Å²) in [6.45, 7) is 0.520. The van der Waals surface area contributed by atoms with E-state index in [0.29, 0.717) is 23.6 Å². The maximum absolute atomic E-state index is 12.3. The fraction of sp³-hybridized carbons (Fsp3) is 0.278. The van der Waals surface area contributed by atoms with Crippen LogP contribution in [-0.4, -0.2) is 33.8 Å². The second-order valence-corrected chi connectivity index (χ2v) is 4.92. The van der Waals surface area contributed by atoms with Crippen LogP contribution in [0.4, 0.5) is 0 Å². The van der Waals surface area contributed by atoms with Gasteiger partial charge in [0, 0.05) is 6.54 Å². The zero-order chi connectivity index (χ0) is 16.7. The Kier molecular flexibility index (Phi) is 5.86. The number of carbonyl (C=O) groups is 1. The molecule has 2 aromatic rings. The lowest BCUT2D eigenvalue weighted by Crippen LogP contribution is -2.26. The van der Waals surface area contributed by atoms with Gasteiger partial charge >= 0.3 is 0 Å². The molecule has 0 fully saturated rings. The van der Waals surface area contributed by atoms with Crippen molar-refractivity contribution in [2.75, 3.05) is 27.9 Å². The van der Waals surface area contributed by atoms with E-state index in [1.807, 2.05) is 24.3 Å². The highest BCUT2D eigenvalue weighted by Crippen LogP contribution is 2.23. The molecular weight excluding hydrogens is 294 g/mol. The van der Waals surface area contributed by atoms with Gasteiger partial charge in [-0.15, -0.1) is 0 Å². The van der Waals surface area contributed by atoms with E-state index < -0.39 is 0 Å². The van der Waals surface area contributed by atoms with Crippen molar-refractivity contribution in [3.8, 4) is 17.2 Å². The molecule has 0 aliphatic carbocycles. The van der Waals surface area contributed by atoms with Gasteiger partial charge in [0.25, 0.3) is 5.91 Å². The van der Waals surface area contributed by atoms with Gasteiger partial charge < -0.3 is 19.5 Å². The standard InChI is InChI=1S/C18H21NO4/c1-21-14-6-4-5-13(11-14)9-10-19-18(20)16-12-15(22-2)7-8-17(16)23-3/h4-8,11-12H,9-10H2,1-3H3,(H,19,20). The summed E-state index contributed by atoms with van der Waals surface area (Å²) >= 11 is 0. The Hall–Kier alpha value is -2.69. The van der Waals surface area contributed by atoms with Crippen LogP contribution in [0.1, 0.15) is 15.9 Å². The first-order valence-electron chi connectivity index (χ1n) is 7.31. The van der Waals surface area contributed by atoms with Crippen LogP contribution >= 0.6 is 0 Å². The maximum Gasteiger partial charge on any atom is 0.255 e. The minimum atomic E-state index is -0.191. The average Bonchev–Trinajstić information content (AvgIpc) is 2.61. The van der Waals surface area contributed by atoms with Crippen molar-refractivity contribution in [2.45, 2.75) is 6.42 Å². The molecule has 1 amide bonds. The summed E-state index contributed by atoms with van der Waals surface area (Å²) in [4.78, 5) is 12.3. The lowest BCUT2D eigenvalue weighted by molar-refractivity contribution is 0.0950.